The molecule has 0 aliphatic heterocycles. The molecule has 0 spiro atoms. The van der Waals surface area contributed by atoms with E-state index >= 15 is 0 Å². The first-order valence-corrected chi connectivity index (χ1v) is 7.92. The first kappa shape index (κ1) is 15.7. The Balaban J connectivity index is 2.17. The highest BCUT2D eigenvalue weighted by Gasteiger charge is 2.16. The van der Waals surface area contributed by atoms with Gasteiger partial charge in [-0.05, 0) is 52.3 Å². The highest BCUT2D eigenvalue weighted by atomic mass is 127. The maximum atomic E-state index is 10.4. The van der Waals surface area contributed by atoms with Gasteiger partial charge in [-0.25, -0.2) is 9.67 Å². The van der Waals surface area contributed by atoms with Crippen molar-refractivity contribution >= 4 is 34.2 Å². The highest BCUT2D eigenvalue weighted by molar-refractivity contribution is 14.1. The summed E-state index contributed by atoms with van der Waals surface area (Å²) >= 11 is 8.20. The van der Waals surface area contributed by atoms with Crippen molar-refractivity contribution in [3.63, 3.8) is 0 Å². The third-order valence-electron chi connectivity index (χ3n) is 2.93. The number of hydrogen-bond donors (Lipinski definition) is 1. The molecule has 1 aromatic carbocycles. The monoisotopic (exact) mass is 405 g/mol. The minimum atomic E-state index is -0.629. The van der Waals surface area contributed by atoms with E-state index in [9.17, 15) is 5.11 Å². The topological polar surface area (TPSA) is 50.9 Å². The minimum absolute atomic E-state index is 0.434. The summed E-state index contributed by atoms with van der Waals surface area (Å²) in [6.07, 6.45) is 1.34. The largest absolute Gasteiger partial charge is 0.388 e. The van der Waals surface area contributed by atoms with E-state index < -0.39 is 6.10 Å². The van der Waals surface area contributed by atoms with Crippen molar-refractivity contribution in [1.82, 2.24) is 14.8 Å². The molecule has 1 atom stereocenters. The zero-order valence-corrected chi connectivity index (χ0v) is 14.3. The molecule has 6 heteroatoms. The Bertz CT molecular complexity index is 586. The van der Waals surface area contributed by atoms with Gasteiger partial charge in [-0.15, -0.1) is 0 Å². The summed E-state index contributed by atoms with van der Waals surface area (Å²) in [5, 5.41) is 15.2. The summed E-state index contributed by atoms with van der Waals surface area (Å²) in [6, 6.07) is 5.53. The van der Waals surface area contributed by atoms with Crippen LogP contribution in [0.5, 0.6) is 0 Å². The Morgan fingerprint density at radius 2 is 2.15 bits per heavy atom. The van der Waals surface area contributed by atoms with E-state index in [2.05, 4.69) is 46.5 Å². The van der Waals surface area contributed by atoms with E-state index in [0.29, 0.717) is 17.4 Å². The van der Waals surface area contributed by atoms with Crippen molar-refractivity contribution in [2.45, 2.75) is 32.9 Å². The molecule has 0 saturated carbocycles. The number of nitrogens with zero attached hydrogens (tertiary/aromatic N) is 3. The number of aliphatic hydroxyl groups is 1. The third-order valence-corrected chi connectivity index (χ3v) is 4.14. The van der Waals surface area contributed by atoms with E-state index in [1.165, 1.54) is 6.33 Å². The maximum Gasteiger partial charge on any atom is 0.138 e. The molecule has 0 saturated heterocycles. The van der Waals surface area contributed by atoms with Crippen molar-refractivity contribution in [2.24, 2.45) is 5.92 Å². The standard InChI is InChI=1S/C14H17ClIN3O/c1-9(2)7-19-14(17-8-18-19)6-13(20)11-5-10(15)3-4-12(11)16/h3-5,8-9,13,20H,6-7H2,1-2H3. The minimum Gasteiger partial charge on any atom is -0.388 e. The van der Waals surface area contributed by atoms with Gasteiger partial charge in [0.1, 0.15) is 12.2 Å². The molecule has 0 fully saturated rings. The predicted molar refractivity (Wildman–Crippen MR) is 87.7 cm³/mol. The molecule has 0 bridgehead atoms. The van der Waals surface area contributed by atoms with Crippen molar-refractivity contribution in [3.05, 3.63) is 44.5 Å². The van der Waals surface area contributed by atoms with Crippen LogP contribution < -0.4 is 0 Å². The second-order valence-electron chi connectivity index (χ2n) is 5.14. The molecule has 1 N–H and O–H groups in total. The van der Waals surface area contributed by atoms with Gasteiger partial charge in [0.2, 0.25) is 0 Å². The SMILES string of the molecule is CC(C)Cn1ncnc1CC(O)c1cc(Cl)ccc1I. The fourth-order valence-electron chi connectivity index (χ4n) is 2.00. The average Bonchev–Trinajstić information content (AvgIpc) is 2.78. The normalized spacial score (nSPS) is 12.9. The molecule has 1 aromatic heterocycles. The van der Waals surface area contributed by atoms with Gasteiger partial charge >= 0.3 is 0 Å². The average molecular weight is 406 g/mol. The molecule has 0 aliphatic rings. The Hall–Kier alpha value is -0.660. The second-order valence-corrected chi connectivity index (χ2v) is 6.74. The summed E-state index contributed by atoms with van der Waals surface area (Å²) in [6.45, 7) is 5.05. The van der Waals surface area contributed by atoms with E-state index in [1.807, 2.05) is 16.8 Å². The van der Waals surface area contributed by atoms with Crippen LogP contribution in [0.4, 0.5) is 0 Å². The zero-order chi connectivity index (χ0) is 14.7. The lowest BCUT2D eigenvalue weighted by molar-refractivity contribution is 0.172. The second kappa shape index (κ2) is 6.87. The Kier molecular flexibility index (Phi) is 5.40. The van der Waals surface area contributed by atoms with Gasteiger partial charge in [0.15, 0.2) is 0 Å². The summed E-state index contributed by atoms with van der Waals surface area (Å²) < 4.78 is 2.85. The number of halogens is 2. The summed E-state index contributed by atoms with van der Waals surface area (Å²) in [4.78, 5) is 4.24. The maximum absolute atomic E-state index is 10.4. The molecule has 4 nitrogen and oxygen atoms in total. The molecule has 2 rings (SSSR count). The predicted octanol–water partition coefficient (Wildman–Crippen LogP) is 3.47. The van der Waals surface area contributed by atoms with Crippen molar-refractivity contribution in [3.8, 4) is 0 Å². The van der Waals surface area contributed by atoms with Crippen LogP contribution in [0.15, 0.2) is 24.5 Å². The van der Waals surface area contributed by atoms with Crippen LogP contribution >= 0.6 is 34.2 Å². The lowest BCUT2D eigenvalue weighted by Gasteiger charge is -2.14. The molecule has 2 aromatic rings. The van der Waals surface area contributed by atoms with Crippen LogP contribution in [0.3, 0.4) is 0 Å². The summed E-state index contributed by atoms with van der Waals surface area (Å²) in [7, 11) is 0. The summed E-state index contributed by atoms with van der Waals surface area (Å²) in [5.74, 6) is 1.28. The number of aliphatic hydroxyl groups excluding tert-OH is 1. The van der Waals surface area contributed by atoms with Crippen LogP contribution in [0.2, 0.25) is 5.02 Å². The van der Waals surface area contributed by atoms with Gasteiger partial charge in [0.25, 0.3) is 0 Å². The summed E-state index contributed by atoms with van der Waals surface area (Å²) in [5.41, 5.74) is 0.831. The lowest BCUT2D eigenvalue weighted by atomic mass is 10.1. The first-order chi connectivity index (χ1) is 9.47. The smallest absolute Gasteiger partial charge is 0.138 e. The number of rotatable bonds is 5. The number of hydrogen-bond acceptors (Lipinski definition) is 3. The molecule has 1 heterocycles. The van der Waals surface area contributed by atoms with E-state index in [4.69, 9.17) is 11.6 Å². The Morgan fingerprint density at radius 3 is 2.85 bits per heavy atom. The van der Waals surface area contributed by atoms with E-state index in [-0.39, 0.29) is 0 Å². The van der Waals surface area contributed by atoms with Crippen LogP contribution in [0.25, 0.3) is 0 Å². The molecule has 1 unspecified atom stereocenters. The van der Waals surface area contributed by atoms with Crippen LogP contribution in [-0.4, -0.2) is 19.9 Å². The van der Waals surface area contributed by atoms with Gasteiger partial charge in [-0.3, -0.25) is 0 Å². The molecule has 108 valence electrons. The van der Waals surface area contributed by atoms with Gasteiger partial charge in [-0.2, -0.15) is 5.10 Å². The van der Waals surface area contributed by atoms with Crippen LogP contribution in [0, 0.1) is 9.49 Å². The fourth-order valence-corrected chi connectivity index (χ4v) is 2.87. The van der Waals surface area contributed by atoms with Crippen molar-refractivity contribution < 1.29 is 5.11 Å². The quantitative estimate of drug-likeness (QED) is 0.775. The van der Waals surface area contributed by atoms with Crippen LogP contribution in [0.1, 0.15) is 31.3 Å². The van der Waals surface area contributed by atoms with Gasteiger partial charge in [-0.1, -0.05) is 25.4 Å². The Labute approximate surface area is 137 Å². The van der Waals surface area contributed by atoms with Crippen LogP contribution in [-0.2, 0) is 13.0 Å². The first-order valence-electron chi connectivity index (χ1n) is 6.47. The number of aromatic nitrogens is 3. The van der Waals surface area contributed by atoms with E-state index in [1.54, 1.807) is 6.07 Å². The molecular weight excluding hydrogens is 389 g/mol. The van der Waals surface area contributed by atoms with Crippen molar-refractivity contribution in [1.29, 1.82) is 0 Å². The number of benzene rings is 1. The van der Waals surface area contributed by atoms with Gasteiger partial charge in [0, 0.05) is 21.6 Å². The molecular formula is C14H17ClIN3O. The molecule has 0 aliphatic carbocycles. The Morgan fingerprint density at radius 1 is 1.40 bits per heavy atom. The molecule has 0 amide bonds. The lowest BCUT2D eigenvalue weighted by Crippen LogP contribution is -2.14. The molecule has 0 radical (unpaired) electrons. The fraction of sp³-hybridized carbons (Fsp3) is 0.429. The zero-order valence-electron chi connectivity index (χ0n) is 11.4. The molecule has 20 heavy (non-hydrogen) atoms. The van der Waals surface area contributed by atoms with Gasteiger partial charge in [0.05, 0.1) is 6.10 Å². The van der Waals surface area contributed by atoms with Crippen molar-refractivity contribution in [2.75, 3.05) is 0 Å². The van der Waals surface area contributed by atoms with Gasteiger partial charge < -0.3 is 5.11 Å². The highest BCUT2D eigenvalue weighted by Crippen LogP contribution is 2.26. The van der Waals surface area contributed by atoms with E-state index in [0.717, 1.165) is 21.5 Å². The third kappa shape index (κ3) is 3.93.